The second-order valence-corrected chi connectivity index (χ2v) is 5.09. The van der Waals surface area contributed by atoms with Gasteiger partial charge in [-0.3, -0.25) is 14.4 Å². The number of carbonyl (C=O) groups is 3. The number of carbonyl (C=O) groups excluding carboxylic acids is 2. The lowest BCUT2D eigenvalue weighted by atomic mass is 9.89. The van der Waals surface area contributed by atoms with E-state index >= 15 is 0 Å². The molecular formula is C14H17N3O4. The summed E-state index contributed by atoms with van der Waals surface area (Å²) in [6, 6.07) is 6.05. The average molecular weight is 291 g/mol. The van der Waals surface area contributed by atoms with Gasteiger partial charge in [0.15, 0.2) is 0 Å². The Morgan fingerprint density at radius 1 is 1.33 bits per heavy atom. The maximum Gasteiger partial charge on any atom is 0.312 e. The van der Waals surface area contributed by atoms with Crippen LogP contribution in [0.5, 0.6) is 0 Å². The van der Waals surface area contributed by atoms with Crippen molar-refractivity contribution in [3.05, 3.63) is 35.4 Å². The van der Waals surface area contributed by atoms with Crippen LogP contribution < -0.4 is 11.5 Å². The molecule has 112 valence electrons. The Hall–Kier alpha value is -2.41. The third-order valence-corrected chi connectivity index (χ3v) is 3.54. The minimum Gasteiger partial charge on any atom is -0.481 e. The summed E-state index contributed by atoms with van der Waals surface area (Å²) >= 11 is 0. The van der Waals surface area contributed by atoms with Crippen LogP contribution >= 0.6 is 0 Å². The third kappa shape index (κ3) is 3.19. The lowest BCUT2D eigenvalue weighted by molar-refractivity contribution is -0.142. The molecule has 7 nitrogen and oxygen atoms in total. The van der Waals surface area contributed by atoms with Crippen LogP contribution in [-0.4, -0.2) is 40.4 Å². The molecule has 0 aliphatic carbocycles. The summed E-state index contributed by atoms with van der Waals surface area (Å²) in [5, 5.41) is 9.33. The molecule has 5 N–H and O–H groups in total. The second kappa shape index (κ2) is 5.92. The SMILES string of the molecule is NC(=O)CC(N)C(=O)N1Cc2ccccc2C(C(=O)O)C1. The van der Waals surface area contributed by atoms with Gasteiger partial charge in [-0.1, -0.05) is 24.3 Å². The van der Waals surface area contributed by atoms with Crippen molar-refractivity contribution in [2.45, 2.75) is 24.9 Å². The fourth-order valence-corrected chi connectivity index (χ4v) is 2.52. The Morgan fingerprint density at radius 3 is 2.62 bits per heavy atom. The van der Waals surface area contributed by atoms with E-state index in [9.17, 15) is 19.5 Å². The van der Waals surface area contributed by atoms with Gasteiger partial charge in [-0.2, -0.15) is 0 Å². The summed E-state index contributed by atoms with van der Waals surface area (Å²) in [5.74, 6) is -2.92. The molecule has 1 aliphatic rings. The first-order valence-corrected chi connectivity index (χ1v) is 6.53. The molecule has 21 heavy (non-hydrogen) atoms. The molecule has 0 spiro atoms. The predicted octanol–water partition coefficient (Wildman–Crippen LogP) is -0.600. The summed E-state index contributed by atoms with van der Waals surface area (Å²) in [5.41, 5.74) is 12.2. The van der Waals surface area contributed by atoms with Crippen LogP contribution in [0.15, 0.2) is 24.3 Å². The monoisotopic (exact) mass is 291 g/mol. The van der Waals surface area contributed by atoms with Crippen molar-refractivity contribution < 1.29 is 19.5 Å². The molecular weight excluding hydrogens is 274 g/mol. The number of fused-ring (bicyclic) bond motifs is 1. The molecule has 7 heteroatoms. The Morgan fingerprint density at radius 2 is 2.00 bits per heavy atom. The van der Waals surface area contributed by atoms with E-state index in [0.717, 1.165) is 5.56 Å². The average Bonchev–Trinajstić information content (AvgIpc) is 2.44. The number of carboxylic acid groups (broad SMARTS) is 1. The van der Waals surface area contributed by atoms with Crippen LogP contribution in [0.2, 0.25) is 0 Å². The molecule has 1 aromatic rings. The van der Waals surface area contributed by atoms with E-state index in [1.54, 1.807) is 24.3 Å². The highest BCUT2D eigenvalue weighted by Crippen LogP contribution is 2.28. The molecule has 1 heterocycles. The third-order valence-electron chi connectivity index (χ3n) is 3.54. The molecule has 0 radical (unpaired) electrons. The minimum absolute atomic E-state index is 0.0393. The number of amides is 2. The van der Waals surface area contributed by atoms with Gasteiger partial charge in [-0.25, -0.2) is 0 Å². The Kier molecular flexibility index (Phi) is 4.23. The van der Waals surface area contributed by atoms with Crippen molar-refractivity contribution in [3.63, 3.8) is 0 Å². The van der Waals surface area contributed by atoms with E-state index in [4.69, 9.17) is 11.5 Å². The van der Waals surface area contributed by atoms with Crippen LogP contribution in [0.4, 0.5) is 0 Å². The Labute approximate surface area is 121 Å². The van der Waals surface area contributed by atoms with Crippen LogP contribution in [0.3, 0.4) is 0 Å². The highest BCUT2D eigenvalue weighted by molar-refractivity contribution is 5.88. The quantitative estimate of drug-likeness (QED) is 0.682. The molecule has 2 atom stereocenters. The van der Waals surface area contributed by atoms with Gasteiger partial charge in [0.1, 0.15) is 0 Å². The smallest absolute Gasteiger partial charge is 0.312 e. The summed E-state index contributed by atoms with van der Waals surface area (Å²) in [6.07, 6.45) is -0.255. The lowest BCUT2D eigenvalue weighted by Gasteiger charge is -2.34. The summed E-state index contributed by atoms with van der Waals surface area (Å²) in [4.78, 5) is 35.8. The number of hydrogen-bond acceptors (Lipinski definition) is 4. The van der Waals surface area contributed by atoms with Crippen molar-refractivity contribution in [2.24, 2.45) is 11.5 Å². The van der Waals surface area contributed by atoms with E-state index < -0.39 is 29.7 Å². The van der Waals surface area contributed by atoms with Crippen LogP contribution in [0.1, 0.15) is 23.5 Å². The van der Waals surface area contributed by atoms with Crippen LogP contribution in [-0.2, 0) is 20.9 Å². The molecule has 0 fully saturated rings. The predicted molar refractivity (Wildman–Crippen MR) is 74.0 cm³/mol. The number of hydrogen-bond donors (Lipinski definition) is 3. The number of primary amides is 1. The van der Waals surface area contributed by atoms with Crippen molar-refractivity contribution in [1.82, 2.24) is 4.90 Å². The first-order valence-electron chi connectivity index (χ1n) is 6.53. The molecule has 1 aliphatic heterocycles. The number of benzene rings is 1. The fraction of sp³-hybridized carbons (Fsp3) is 0.357. The molecule has 1 aromatic carbocycles. The van der Waals surface area contributed by atoms with Gasteiger partial charge in [0.05, 0.1) is 18.4 Å². The standard InChI is InChI=1S/C14H17N3O4/c15-11(5-12(16)18)13(19)17-6-8-3-1-2-4-9(8)10(7-17)14(20)21/h1-4,10-11H,5-7,15H2,(H2,16,18)(H,20,21). The zero-order valence-electron chi connectivity index (χ0n) is 11.4. The van der Waals surface area contributed by atoms with Gasteiger partial charge >= 0.3 is 5.97 Å². The van der Waals surface area contributed by atoms with Gasteiger partial charge in [-0.05, 0) is 11.1 Å². The first-order chi connectivity index (χ1) is 9.90. The fourth-order valence-electron chi connectivity index (χ4n) is 2.52. The van der Waals surface area contributed by atoms with Gasteiger partial charge < -0.3 is 21.5 Å². The van der Waals surface area contributed by atoms with E-state index in [2.05, 4.69) is 0 Å². The van der Waals surface area contributed by atoms with Crippen molar-refractivity contribution >= 4 is 17.8 Å². The van der Waals surface area contributed by atoms with Gasteiger partial charge in [0.25, 0.3) is 0 Å². The normalized spacial score (nSPS) is 18.7. The zero-order valence-corrected chi connectivity index (χ0v) is 11.4. The number of carboxylic acids is 1. The van der Waals surface area contributed by atoms with Gasteiger partial charge in [-0.15, -0.1) is 0 Å². The molecule has 2 amide bonds. The summed E-state index contributed by atoms with van der Waals surface area (Å²) in [7, 11) is 0. The number of aliphatic carboxylic acids is 1. The van der Waals surface area contributed by atoms with E-state index in [0.29, 0.717) is 5.56 Å². The van der Waals surface area contributed by atoms with Gasteiger partial charge in [0, 0.05) is 13.1 Å². The molecule has 0 aromatic heterocycles. The largest absolute Gasteiger partial charge is 0.481 e. The molecule has 0 saturated heterocycles. The molecule has 2 unspecified atom stereocenters. The molecule has 2 rings (SSSR count). The van der Waals surface area contributed by atoms with Crippen molar-refractivity contribution in [2.75, 3.05) is 6.54 Å². The first kappa shape index (κ1) is 15.0. The zero-order chi connectivity index (χ0) is 15.6. The Bertz CT molecular complexity index is 587. The number of nitrogens with zero attached hydrogens (tertiary/aromatic N) is 1. The van der Waals surface area contributed by atoms with Crippen LogP contribution in [0.25, 0.3) is 0 Å². The highest BCUT2D eigenvalue weighted by Gasteiger charge is 2.34. The number of nitrogens with two attached hydrogens (primary N) is 2. The van der Waals surface area contributed by atoms with Crippen molar-refractivity contribution in [1.29, 1.82) is 0 Å². The maximum absolute atomic E-state index is 12.2. The lowest BCUT2D eigenvalue weighted by Crippen LogP contribution is -2.49. The Balaban J connectivity index is 2.23. The van der Waals surface area contributed by atoms with E-state index in [1.165, 1.54) is 4.90 Å². The van der Waals surface area contributed by atoms with Gasteiger partial charge in [0.2, 0.25) is 11.8 Å². The van der Waals surface area contributed by atoms with E-state index in [-0.39, 0.29) is 19.5 Å². The molecule has 0 bridgehead atoms. The molecule has 0 saturated carbocycles. The number of rotatable bonds is 4. The summed E-state index contributed by atoms with van der Waals surface area (Å²) < 4.78 is 0. The highest BCUT2D eigenvalue weighted by atomic mass is 16.4. The van der Waals surface area contributed by atoms with Crippen molar-refractivity contribution in [3.8, 4) is 0 Å². The minimum atomic E-state index is -1.04. The van der Waals surface area contributed by atoms with E-state index in [1.807, 2.05) is 0 Å². The van der Waals surface area contributed by atoms with Crippen LogP contribution in [0, 0.1) is 0 Å². The maximum atomic E-state index is 12.2. The topological polar surface area (TPSA) is 127 Å². The second-order valence-electron chi connectivity index (χ2n) is 5.09. The summed E-state index contributed by atoms with van der Waals surface area (Å²) in [6.45, 7) is 0.322.